The third-order valence-corrected chi connectivity index (χ3v) is 11.6. The van der Waals surface area contributed by atoms with Crippen molar-refractivity contribution in [2.45, 2.75) is 122 Å². The minimum atomic E-state index is -0.841. The van der Waals surface area contributed by atoms with Gasteiger partial charge in [-0.05, 0) is 140 Å². The molecule has 3 aromatic rings. The van der Waals surface area contributed by atoms with Crippen LogP contribution in [0.4, 0.5) is 0 Å². The molecular weight excluding hydrogens is 644 g/mol. The van der Waals surface area contributed by atoms with Crippen LogP contribution in [0.1, 0.15) is 118 Å². The number of ether oxygens (including phenoxy) is 3. The van der Waals surface area contributed by atoms with Gasteiger partial charge in [0.25, 0.3) is 0 Å². The summed E-state index contributed by atoms with van der Waals surface area (Å²) < 4.78 is 19.1. The SMILES string of the molecule is CC[C@H](CCCO)CC[C@H]1Cc2cc(O)c(CC(C)C)cc2-c2c(OC)cc3c(c21)C[C@@H](O)[C@H](c1ccc(O)c(O[C@H]2CCC[C@H](CO)C2)c1)O3. The Hall–Kier alpha value is -3.46. The smallest absolute Gasteiger partial charge is 0.161 e. The second kappa shape index (κ2) is 16.5. The summed E-state index contributed by atoms with van der Waals surface area (Å²) in [5.74, 6) is 3.37. The van der Waals surface area contributed by atoms with Gasteiger partial charge >= 0.3 is 0 Å². The molecule has 3 aromatic carbocycles. The molecule has 0 unspecified atom stereocenters. The molecular formula is C43H58O8. The van der Waals surface area contributed by atoms with Gasteiger partial charge in [-0.15, -0.1) is 0 Å². The van der Waals surface area contributed by atoms with E-state index in [-0.39, 0.29) is 36.9 Å². The molecule has 1 saturated carbocycles. The molecule has 1 aliphatic heterocycles. The second-order valence-electron chi connectivity index (χ2n) is 15.7. The fraction of sp³-hybridized carbons (Fsp3) is 0.581. The molecule has 8 nitrogen and oxygen atoms in total. The Balaban J connectivity index is 1.38. The largest absolute Gasteiger partial charge is 0.508 e. The Morgan fingerprint density at radius 3 is 2.51 bits per heavy atom. The molecule has 2 aliphatic carbocycles. The van der Waals surface area contributed by atoms with Crippen LogP contribution in [-0.4, -0.2) is 58.1 Å². The molecule has 0 aromatic heterocycles. The summed E-state index contributed by atoms with van der Waals surface area (Å²) in [5, 5.41) is 52.9. The normalized spacial score (nSPS) is 23.2. The predicted octanol–water partition coefficient (Wildman–Crippen LogP) is 8.16. The van der Waals surface area contributed by atoms with Crippen molar-refractivity contribution in [1.29, 1.82) is 0 Å². The number of aromatic hydroxyl groups is 2. The van der Waals surface area contributed by atoms with E-state index >= 15 is 0 Å². The van der Waals surface area contributed by atoms with Crippen LogP contribution in [0.25, 0.3) is 11.1 Å². The number of hydrogen-bond donors (Lipinski definition) is 5. The zero-order chi connectivity index (χ0) is 36.2. The van der Waals surface area contributed by atoms with E-state index in [0.717, 1.165) is 110 Å². The van der Waals surface area contributed by atoms with Crippen LogP contribution < -0.4 is 14.2 Å². The van der Waals surface area contributed by atoms with E-state index in [4.69, 9.17) is 14.2 Å². The number of methoxy groups -OCH3 is 1. The average molecular weight is 703 g/mol. The number of phenolic OH excluding ortho intramolecular Hbond substituents is 2. The van der Waals surface area contributed by atoms with E-state index in [1.54, 1.807) is 25.3 Å². The van der Waals surface area contributed by atoms with Crippen LogP contribution in [-0.2, 0) is 19.3 Å². The monoisotopic (exact) mass is 702 g/mol. The number of fused-ring (bicyclic) bond motifs is 5. The Labute approximate surface area is 303 Å². The molecule has 0 radical (unpaired) electrons. The summed E-state index contributed by atoms with van der Waals surface area (Å²) in [7, 11) is 1.69. The molecule has 6 atom stereocenters. The number of rotatable bonds is 14. The fourth-order valence-corrected chi connectivity index (χ4v) is 8.88. The molecule has 0 spiro atoms. The third kappa shape index (κ3) is 8.13. The number of phenols is 2. The highest BCUT2D eigenvalue weighted by atomic mass is 16.5. The second-order valence-corrected chi connectivity index (χ2v) is 15.7. The number of aliphatic hydroxyl groups is 3. The van der Waals surface area contributed by atoms with Crippen molar-refractivity contribution in [2.24, 2.45) is 17.8 Å². The van der Waals surface area contributed by atoms with E-state index in [1.807, 2.05) is 12.1 Å². The molecule has 3 aliphatic rings. The van der Waals surface area contributed by atoms with Crippen LogP contribution in [0, 0.1) is 17.8 Å². The lowest BCUT2D eigenvalue weighted by Crippen LogP contribution is -2.32. The first-order valence-electron chi connectivity index (χ1n) is 19.3. The van der Waals surface area contributed by atoms with E-state index in [9.17, 15) is 25.5 Å². The van der Waals surface area contributed by atoms with Crippen molar-refractivity contribution in [2.75, 3.05) is 20.3 Å². The van der Waals surface area contributed by atoms with Crippen LogP contribution in [0.3, 0.4) is 0 Å². The van der Waals surface area contributed by atoms with Gasteiger partial charge in [0.1, 0.15) is 23.4 Å². The first kappa shape index (κ1) is 37.3. The van der Waals surface area contributed by atoms with Gasteiger partial charge in [-0.2, -0.15) is 0 Å². The standard InChI is InChI=1S/C43H58O8/c1-5-26(9-7-15-44)11-12-28-18-30-20-36(47)31(16-25(2)3)19-33(30)42-40(49-4)23-38-34(41(28)42)22-37(48)43(51-38)29-13-14-35(46)39(21-29)50-32-10-6-8-27(17-32)24-45/h13-14,19-21,23,25-28,32,37,43-48H,5-12,15-18,22,24H2,1-4H3/t26-,27+,28+,32+,37-,43+/m1/s1. The number of benzene rings is 3. The highest BCUT2D eigenvalue weighted by Crippen LogP contribution is 2.54. The van der Waals surface area contributed by atoms with E-state index < -0.39 is 12.2 Å². The molecule has 8 heteroatoms. The maximum absolute atomic E-state index is 11.8. The lowest BCUT2D eigenvalue weighted by molar-refractivity contribution is 0.0198. The Morgan fingerprint density at radius 2 is 1.78 bits per heavy atom. The van der Waals surface area contributed by atoms with Gasteiger partial charge in [0, 0.05) is 36.8 Å². The minimum Gasteiger partial charge on any atom is -0.508 e. The summed E-state index contributed by atoms with van der Waals surface area (Å²) in [4.78, 5) is 0. The molecule has 1 fully saturated rings. The predicted molar refractivity (Wildman–Crippen MR) is 199 cm³/mol. The van der Waals surface area contributed by atoms with Crippen molar-refractivity contribution in [3.63, 3.8) is 0 Å². The molecule has 51 heavy (non-hydrogen) atoms. The first-order valence-corrected chi connectivity index (χ1v) is 19.3. The minimum absolute atomic E-state index is 0.0417. The Bertz CT molecular complexity index is 1650. The van der Waals surface area contributed by atoms with Gasteiger partial charge in [0.05, 0.1) is 19.3 Å². The van der Waals surface area contributed by atoms with Crippen molar-refractivity contribution in [3.8, 4) is 39.9 Å². The summed E-state index contributed by atoms with van der Waals surface area (Å²) in [6.45, 7) is 6.87. The third-order valence-electron chi connectivity index (χ3n) is 11.6. The quantitative estimate of drug-likeness (QED) is 0.114. The van der Waals surface area contributed by atoms with E-state index in [0.29, 0.717) is 41.3 Å². The zero-order valence-electron chi connectivity index (χ0n) is 30.9. The van der Waals surface area contributed by atoms with Gasteiger partial charge in [0.15, 0.2) is 11.5 Å². The summed E-state index contributed by atoms with van der Waals surface area (Å²) in [6.07, 6.45) is 8.66. The zero-order valence-corrected chi connectivity index (χ0v) is 30.9. The first-order chi connectivity index (χ1) is 24.6. The molecule has 1 heterocycles. The maximum atomic E-state index is 11.8. The van der Waals surface area contributed by atoms with Crippen molar-refractivity contribution in [1.82, 2.24) is 0 Å². The van der Waals surface area contributed by atoms with E-state index in [2.05, 4.69) is 26.8 Å². The maximum Gasteiger partial charge on any atom is 0.161 e. The highest BCUT2D eigenvalue weighted by Gasteiger charge is 2.39. The van der Waals surface area contributed by atoms with Crippen LogP contribution >= 0.6 is 0 Å². The summed E-state index contributed by atoms with van der Waals surface area (Å²) >= 11 is 0. The molecule has 6 rings (SSSR count). The lowest BCUT2D eigenvalue weighted by atomic mass is 9.71. The summed E-state index contributed by atoms with van der Waals surface area (Å²) in [6, 6.07) is 11.2. The topological polar surface area (TPSA) is 129 Å². The molecule has 0 amide bonds. The van der Waals surface area contributed by atoms with Gasteiger partial charge in [-0.25, -0.2) is 0 Å². The molecule has 0 saturated heterocycles. The van der Waals surface area contributed by atoms with Gasteiger partial charge in [-0.1, -0.05) is 33.3 Å². The van der Waals surface area contributed by atoms with E-state index in [1.165, 1.54) is 0 Å². The fourth-order valence-electron chi connectivity index (χ4n) is 8.88. The molecule has 278 valence electrons. The van der Waals surface area contributed by atoms with Crippen molar-refractivity contribution < 1.29 is 39.7 Å². The number of aliphatic hydroxyl groups excluding tert-OH is 3. The molecule has 5 N–H and O–H groups in total. The Kier molecular flexibility index (Phi) is 12.1. The Morgan fingerprint density at radius 1 is 0.961 bits per heavy atom. The highest BCUT2D eigenvalue weighted by molar-refractivity contribution is 5.83. The lowest BCUT2D eigenvalue weighted by Gasteiger charge is -2.38. The summed E-state index contributed by atoms with van der Waals surface area (Å²) in [5.41, 5.74) is 7.01. The number of hydrogen-bond acceptors (Lipinski definition) is 8. The van der Waals surface area contributed by atoms with Crippen LogP contribution in [0.2, 0.25) is 0 Å². The molecule has 0 bridgehead atoms. The van der Waals surface area contributed by atoms with Gasteiger partial charge < -0.3 is 39.7 Å². The van der Waals surface area contributed by atoms with Crippen LogP contribution in [0.5, 0.6) is 28.7 Å². The van der Waals surface area contributed by atoms with Gasteiger partial charge in [0.2, 0.25) is 0 Å². The average Bonchev–Trinajstić information content (AvgIpc) is 3.12. The van der Waals surface area contributed by atoms with Gasteiger partial charge in [-0.3, -0.25) is 0 Å². The van der Waals surface area contributed by atoms with Crippen LogP contribution in [0.15, 0.2) is 36.4 Å². The van der Waals surface area contributed by atoms with Crippen molar-refractivity contribution >= 4 is 0 Å². The van der Waals surface area contributed by atoms with Crippen molar-refractivity contribution in [3.05, 3.63) is 64.2 Å².